The Labute approximate surface area is 89.5 Å². The van der Waals surface area contributed by atoms with Gasteiger partial charge in [-0.3, -0.25) is 0 Å². The van der Waals surface area contributed by atoms with Gasteiger partial charge in [0.1, 0.15) is 0 Å². The van der Waals surface area contributed by atoms with Gasteiger partial charge in [-0.1, -0.05) is 12.1 Å². The summed E-state index contributed by atoms with van der Waals surface area (Å²) in [5.41, 5.74) is 4.01. The van der Waals surface area contributed by atoms with E-state index in [1.807, 2.05) is 0 Å². The molecule has 0 saturated carbocycles. The van der Waals surface area contributed by atoms with Gasteiger partial charge in [-0.15, -0.1) is 0 Å². The van der Waals surface area contributed by atoms with E-state index in [2.05, 4.69) is 42.7 Å². The van der Waals surface area contributed by atoms with E-state index in [4.69, 9.17) is 4.74 Å². The van der Waals surface area contributed by atoms with Gasteiger partial charge in [0, 0.05) is 11.2 Å². The molecule has 2 aromatic rings. The van der Waals surface area contributed by atoms with Crippen molar-refractivity contribution >= 4 is 10.9 Å². The first-order chi connectivity index (χ1) is 7.25. The fraction of sp³-hybridized carbons (Fsp3) is 0.385. The van der Waals surface area contributed by atoms with E-state index in [-0.39, 0.29) is 0 Å². The van der Waals surface area contributed by atoms with E-state index in [1.165, 1.54) is 22.2 Å². The molecule has 0 unspecified atom stereocenters. The van der Waals surface area contributed by atoms with Gasteiger partial charge >= 0.3 is 0 Å². The Morgan fingerprint density at radius 3 is 2.67 bits per heavy atom. The number of rotatable bonds is 1. The molecule has 0 aliphatic carbocycles. The Morgan fingerprint density at radius 2 is 2.00 bits per heavy atom. The number of aromatic nitrogens is 1. The second-order valence-electron chi connectivity index (χ2n) is 4.41. The number of aryl methyl sites for hydroxylation is 2. The van der Waals surface area contributed by atoms with Crippen LogP contribution in [0.1, 0.15) is 17.3 Å². The molecule has 0 atom stereocenters. The van der Waals surface area contributed by atoms with Crippen LogP contribution in [-0.2, 0) is 4.74 Å². The summed E-state index contributed by atoms with van der Waals surface area (Å²) in [5, 5.41) is 1.34. The lowest BCUT2D eigenvalue weighted by Crippen LogP contribution is -2.31. The molecule has 2 heterocycles. The van der Waals surface area contributed by atoms with Crippen LogP contribution in [0.5, 0.6) is 0 Å². The minimum atomic E-state index is 0.546. The Morgan fingerprint density at radius 1 is 1.20 bits per heavy atom. The maximum absolute atomic E-state index is 5.27. The predicted molar refractivity (Wildman–Crippen MR) is 61.3 cm³/mol. The van der Waals surface area contributed by atoms with Crippen LogP contribution in [0, 0.1) is 13.8 Å². The molecule has 2 nitrogen and oxygen atoms in total. The molecule has 78 valence electrons. The molecule has 1 fully saturated rings. The lowest BCUT2D eigenvalue weighted by atomic mass is 10.2. The monoisotopic (exact) mass is 201 g/mol. The van der Waals surface area contributed by atoms with Crippen molar-refractivity contribution in [2.45, 2.75) is 19.9 Å². The summed E-state index contributed by atoms with van der Waals surface area (Å²) in [4.78, 5) is 0. The molecule has 0 amide bonds. The first-order valence-corrected chi connectivity index (χ1v) is 5.41. The summed E-state index contributed by atoms with van der Waals surface area (Å²) in [7, 11) is 0. The van der Waals surface area contributed by atoms with Gasteiger partial charge in [0.25, 0.3) is 0 Å². The third kappa shape index (κ3) is 1.29. The maximum Gasteiger partial charge on any atom is 0.0806 e. The van der Waals surface area contributed by atoms with Gasteiger partial charge in [0.05, 0.1) is 19.3 Å². The molecule has 1 aliphatic rings. The topological polar surface area (TPSA) is 14.2 Å². The van der Waals surface area contributed by atoms with Gasteiger partial charge in [-0.05, 0) is 36.9 Å². The normalized spacial score (nSPS) is 16.9. The highest BCUT2D eigenvalue weighted by atomic mass is 16.5. The zero-order valence-electron chi connectivity index (χ0n) is 9.16. The summed E-state index contributed by atoms with van der Waals surface area (Å²) < 4.78 is 7.68. The van der Waals surface area contributed by atoms with Crippen molar-refractivity contribution in [3.8, 4) is 0 Å². The summed E-state index contributed by atoms with van der Waals surface area (Å²) in [6.45, 7) is 6.04. The van der Waals surface area contributed by atoms with Gasteiger partial charge < -0.3 is 9.30 Å². The van der Waals surface area contributed by atoms with Gasteiger partial charge in [-0.2, -0.15) is 0 Å². The van der Waals surface area contributed by atoms with E-state index in [1.54, 1.807) is 0 Å². The first kappa shape index (κ1) is 8.98. The quantitative estimate of drug-likeness (QED) is 0.692. The standard InChI is InChI=1S/C13H15NO/c1-9-3-4-11-6-10(2)14(13(11)5-9)12-7-15-8-12/h3-6,12H,7-8H2,1-2H3. The fourth-order valence-corrected chi connectivity index (χ4v) is 2.33. The van der Waals surface area contributed by atoms with Crippen LogP contribution < -0.4 is 0 Å². The summed E-state index contributed by atoms with van der Waals surface area (Å²) in [6, 6.07) is 9.44. The van der Waals surface area contributed by atoms with Gasteiger partial charge in [-0.25, -0.2) is 0 Å². The average molecular weight is 201 g/mol. The number of benzene rings is 1. The van der Waals surface area contributed by atoms with Crippen LogP contribution in [0.4, 0.5) is 0 Å². The van der Waals surface area contributed by atoms with Crippen molar-refractivity contribution in [2.75, 3.05) is 13.2 Å². The van der Waals surface area contributed by atoms with Crippen molar-refractivity contribution < 1.29 is 4.74 Å². The van der Waals surface area contributed by atoms with Crippen molar-refractivity contribution in [3.63, 3.8) is 0 Å². The zero-order chi connectivity index (χ0) is 10.4. The van der Waals surface area contributed by atoms with E-state index in [0.29, 0.717) is 6.04 Å². The van der Waals surface area contributed by atoms with Crippen LogP contribution >= 0.6 is 0 Å². The van der Waals surface area contributed by atoms with Gasteiger partial charge in [0.2, 0.25) is 0 Å². The van der Waals surface area contributed by atoms with Crippen molar-refractivity contribution in [1.82, 2.24) is 4.57 Å². The zero-order valence-corrected chi connectivity index (χ0v) is 9.16. The fourth-order valence-electron chi connectivity index (χ4n) is 2.33. The summed E-state index contributed by atoms with van der Waals surface area (Å²) in [6.07, 6.45) is 0. The number of hydrogen-bond donors (Lipinski definition) is 0. The summed E-state index contributed by atoms with van der Waals surface area (Å²) >= 11 is 0. The Kier molecular flexibility index (Phi) is 1.86. The molecular weight excluding hydrogens is 186 g/mol. The van der Waals surface area contributed by atoms with Crippen molar-refractivity contribution in [1.29, 1.82) is 0 Å². The molecule has 1 saturated heterocycles. The van der Waals surface area contributed by atoms with Crippen LogP contribution in [-0.4, -0.2) is 17.8 Å². The Bertz CT molecular complexity index is 508. The minimum absolute atomic E-state index is 0.546. The molecule has 0 bridgehead atoms. The number of nitrogens with zero attached hydrogens (tertiary/aromatic N) is 1. The highest BCUT2D eigenvalue weighted by molar-refractivity contribution is 5.82. The largest absolute Gasteiger partial charge is 0.377 e. The molecule has 1 aliphatic heterocycles. The van der Waals surface area contributed by atoms with E-state index in [9.17, 15) is 0 Å². The third-order valence-electron chi connectivity index (χ3n) is 3.18. The predicted octanol–water partition coefficient (Wildman–Crippen LogP) is 2.83. The number of ether oxygens (including phenoxy) is 1. The van der Waals surface area contributed by atoms with E-state index < -0.39 is 0 Å². The molecule has 0 N–H and O–H groups in total. The highest BCUT2D eigenvalue weighted by Gasteiger charge is 2.23. The molecule has 15 heavy (non-hydrogen) atoms. The number of hydrogen-bond acceptors (Lipinski definition) is 1. The highest BCUT2D eigenvalue weighted by Crippen LogP contribution is 2.28. The maximum atomic E-state index is 5.27. The average Bonchev–Trinajstić information content (AvgIpc) is 2.42. The lowest BCUT2D eigenvalue weighted by molar-refractivity contribution is -0.0221. The van der Waals surface area contributed by atoms with E-state index >= 15 is 0 Å². The Hall–Kier alpha value is -1.28. The third-order valence-corrected chi connectivity index (χ3v) is 3.18. The SMILES string of the molecule is Cc1ccc2cc(C)n(C3COC3)c2c1. The Balaban J connectivity index is 2.25. The van der Waals surface area contributed by atoms with Gasteiger partial charge in [0.15, 0.2) is 0 Å². The van der Waals surface area contributed by atoms with Crippen LogP contribution in [0.25, 0.3) is 10.9 Å². The molecule has 3 rings (SSSR count). The van der Waals surface area contributed by atoms with Crippen LogP contribution in [0.3, 0.4) is 0 Å². The van der Waals surface area contributed by atoms with Crippen LogP contribution in [0.2, 0.25) is 0 Å². The summed E-state index contributed by atoms with van der Waals surface area (Å²) in [5.74, 6) is 0. The second-order valence-corrected chi connectivity index (χ2v) is 4.41. The van der Waals surface area contributed by atoms with E-state index in [0.717, 1.165) is 13.2 Å². The second kappa shape index (κ2) is 3.11. The minimum Gasteiger partial charge on any atom is -0.377 e. The molecule has 0 spiro atoms. The lowest BCUT2D eigenvalue weighted by Gasteiger charge is -2.29. The van der Waals surface area contributed by atoms with Crippen molar-refractivity contribution in [3.05, 3.63) is 35.5 Å². The molecule has 1 aromatic heterocycles. The molecule has 2 heteroatoms. The molecule has 1 aromatic carbocycles. The van der Waals surface area contributed by atoms with Crippen LogP contribution in [0.15, 0.2) is 24.3 Å². The molecular formula is C13H15NO. The van der Waals surface area contributed by atoms with Crippen molar-refractivity contribution in [2.24, 2.45) is 0 Å². The molecule has 0 radical (unpaired) electrons. The number of fused-ring (bicyclic) bond motifs is 1. The first-order valence-electron chi connectivity index (χ1n) is 5.41. The smallest absolute Gasteiger partial charge is 0.0806 e.